The molecule has 62 valence electrons. The van der Waals surface area contributed by atoms with Crippen molar-refractivity contribution in [3.8, 4) is 0 Å². The number of oxime groups is 1. The Morgan fingerprint density at radius 2 is 2.00 bits per heavy atom. The lowest BCUT2D eigenvalue weighted by Crippen LogP contribution is -1.93. The van der Waals surface area contributed by atoms with Gasteiger partial charge in [-0.3, -0.25) is 0 Å². The Balaban J connectivity index is 2.99. The van der Waals surface area contributed by atoms with Crippen LogP contribution in [0.25, 0.3) is 6.08 Å². The quantitative estimate of drug-likeness (QED) is 0.403. The van der Waals surface area contributed by atoms with Crippen LogP contribution >= 0.6 is 0 Å². The van der Waals surface area contributed by atoms with E-state index in [1.807, 2.05) is 24.3 Å². The summed E-state index contributed by atoms with van der Waals surface area (Å²) in [5.74, 6) is 0. The zero-order valence-electron chi connectivity index (χ0n) is 6.99. The zero-order valence-corrected chi connectivity index (χ0v) is 6.99. The lowest BCUT2D eigenvalue weighted by Gasteiger charge is -1.98. The predicted molar refractivity (Wildman–Crippen MR) is 50.5 cm³/mol. The summed E-state index contributed by atoms with van der Waals surface area (Å²) in [6.45, 7) is 5.40. The van der Waals surface area contributed by atoms with E-state index in [0.717, 1.165) is 11.1 Å². The van der Waals surface area contributed by atoms with Crippen LogP contribution < -0.4 is 0 Å². The molecule has 1 aromatic carbocycles. The van der Waals surface area contributed by atoms with Crippen molar-refractivity contribution < 1.29 is 5.21 Å². The summed E-state index contributed by atoms with van der Waals surface area (Å²) in [4.78, 5) is 0. The van der Waals surface area contributed by atoms with Crippen molar-refractivity contribution in [2.45, 2.75) is 6.92 Å². The number of benzene rings is 1. The highest BCUT2D eigenvalue weighted by Crippen LogP contribution is 2.06. The Hall–Kier alpha value is -1.57. The number of hydrogen-bond donors (Lipinski definition) is 1. The second-order valence-corrected chi connectivity index (χ2v) is 2.51. The molecule has 1 rings (SSSR count). The van der Waals surface area contributed by atoms with E-state index < -0.39 is 0 Å². The van der Waals surface area contributed by atoms with E-state index in [0.29, 0.717) is 5.71 Å². The Bertz CT molecular complexity index is 298. The van der Waals surface area contributed by atoms with Crippen LogP contribution in [-0.2, 0) is 0 Å². The summed E-state index contributed by atoms with van der Waals surface area (Å²) in [7, 11) is 0. The highest BCUT2D eigenvalue weighted by atomic mass is 16.4. The van der Waals surface area contributed by atoms with Crippen molar-refractivity contribution in [1.29, 1.82) is 0 Å². The second kappa shape index (κ2) is 3.72. The fourth-order valence-corrected chi connectivity index (χ4v) is 0.918. The minimum absolute atomic E-state index is 0.616. The van der Waals surface area contributed by atoms with Crippen LogP contribution in [0.3, 0.4) is 0 Å². The minimum Gasteiger partial charge on any atom is -0.411 e. The van der Waals surface area contributed by atoms with Crippen LogP contribution in [0.1, 0.15) is 18.1 Å². The molecule has 0 spiro atoms. The maximum absolute atomic E-state index is 8.48. The van der Waals surface area contributed by atoms with E-state index in [2.05, 4.69) is 11.7 Å². The van der Waals surface area contributed by atoms with Crippen molar-refractivity contribution in [1.82, 2.24) is 0 Å². The second-order valence-electron chi connectivity index (χ2n) is 2.51. The smallest absolute Gasteiger partial charge is 0.0836 e. The van der Waals surface area contributed by atoms with E-state index in [4.69, 9.17) is 5.21 Å². The van der Waals surface area contributed by atoms with E-state index in [9.17, 15) is 0 Å². The average Bonchev–Trinajstić information content (AvgIpc) is 2.17. The molecule has 2 nitrogen and oxygen atoms in total. The van der Waals surface area contributed by atoms with Crippen molar-refractivity contribution in [3.05, 3.63) is 42.0 Å². The average molecular weight is 161 g/mol. The van der Waals surface area contributed by atoms with E-state index in [1.54, 1.807) is 13.0 Å². The van der Waals surface area contributed by atoms with Crippen LogP contribution in [0.2, 0.25) is 0 Å². The Labute approximate surface area is 71.8 Å². The molecule has 2 heteroatoms. The molecule has 0 saturated carbocycles. The predicted octanol–water partition coefficient (Wildman–Crippen LogP) is 2.53. The third-order valence-electron chi connectivity index (χ3n) is 1.71. The van der Waals surface area contributed by atoms with Crippen LogP contribution in [0, 0.1) is 0 Å². The summed E-state index contributed by atoms with van der Waals surface area (Å²) in [5, 5.41) is 11.6. The Morgan fingerprint density at radius 3 is 2.42 bits per heavy atom. The first kappa shape index (κ1) is 8.53. The molecule has 0 aromatic heterocycles. The lowest BCUT2D eigenvalue weighted by molar-refractivity contribution is 0.319. The first-order valence-corrected chi connectivity index (χ1v) is 3.69. The number of nitrogens with zero attached hydrogens (tertiary/aromatic N) is 1. The molecule has 12 heavy (non-hydrogen) atoms. The molecule has 0 radical (unpaired) electrons. The molecule has 0 aliphatic rings. The van der Waals surface area contributed by atoms with Crippen molar-refractivity contribution >= 4 is 11.8 Å². The first-order chi connectivity index (χ1) is 5.77. The first-order valence-electron chi connectivity index (χ1n) is 3.69. The molecule has 1 N–H and O–H groups in total. The maximum Gasteiger partial charge on any atom is 0.0836 e. The highest BCUT2D eigenvalue weighted by Gasteiger charge is 1.95. The van der Waals surface area contributed by atoms with Gasteiger partial charge in [-0.05, 0) is 18.1 Å². The van der Waals surface area contributed by atoms with Gasteiger partial charge in [0.25, 0.3) is 0 Å². The van der Waals surface area contributed by atoms with Crippen LogP contribution in [0.5, 0.6) is 0 Å². The lowest BCUT2D eigenvalue weighted by atomic mass is 10.1. The van der Waals surface area contributed by atoms with Crippen molar-refractivity contribution in [2.75, 3.05) is 0 Å². The van der Waals surface area contributed by atoms with E-state index in [-0.39, 0.29) is 0 Å². The fraction of sp³-hybridized carbons (Fsp3) is 0.100. The summed E-state index contributed by atoms with van der Waals surface area (Å²) in [5.41, 5.74) is 2.60. The molecule has 0 fully saturated rings. The molecular formula is C10H11NO. The summed E-state index contributed by atoms with van der Waals surface area (Å²) >= 11 is 0. The van der Waals surface area contributed by atoms with Gasteiger partial charge in [0.05, 0.1) is 5.71 Å². The third kappa shape index (κ3) is 1.72. The van der Waals surface area contributed by atoms with E-state index >= 15 is 0 Å². The standard InChI is InChI=1S/C10H11NO/c1-3-9-4-6-10(7-5-9)8(2)11-12/h3-7,12H,1H2,2H3/b11-8+. The molecule has 0 heterocycles. The molecule has 1 aromatic rings. The van der Waals surface area contributed by atoms with Gasteiger partial charge >= 0.3 is 0 Å². The Kier molecular flexibility index (Phi) is 2.64. The van der Waals surface area contributed by atoms with Gasteiger partial charge < -0.3 is 5.21 Å². The van der Waals surface area contributed by atoms with Gasteiger partial charge in [0.15, 0.2) is 0 Å². The number of rotatable bonds is 2. The molecule has 0 unspecified atom stereocenters. The molecule has 0 aliphatic carbocycles. The molecule has 0 bridgehead atoms. The van der Waals surface area contributed by atoms with Gasteiger partial charge in [0, 0.05) is 0 Å². The normalized spacial score (nSPS) is 11.2. The minimum atomic E-state index is 0.616. The van der Waals surface area contributed by atoms with Crippen LogP contribution in [-0.4, -0.2) is 10.9 Å². The van der Waals surface area contributed by atoms with Gasteiger partial charge in [0.2, 0.25) is 0 Å². The van der Waals surface area contributed by atoms with Crippen LogP contribution in [0.15, 0.2) is 36.0 Å². The maximum atomic E-state index is 8.48. The van der Waals surface area contributed by atoms with Crippen molar-refractivity contribution in [2.24, 2.45) is 5.16 Å². The Morgan fingerprint density at radius 1 is 1.42 bits per heavy atom. The monoisotopic (exact) mass is 161 g/mol. The molecule has 0 amide bonds. The SMILES string of the molecule is C=Cc1ccc(/C(C)=N/O)cc1. The zero-order chi connectivity index (χ0) is 8.97. The molecule has 0 atom stereocenters. The molecule has 0 aliphatic heterocycles. The highest BCUT2D eigenvalue weighted by molar-refractivity contribution is 5.98. The molecule has 0 saturated heterocycles. The topological polar surface area (TPSA) is 32.6 Å². The number of hydrogen-bond acceptors (Lipinski definition) is 2. The van der Waals surface area contributed by atoms with Crippen molar-refractivity contribution in [3.63, 3.8) is 0 Å². The third-order valence-corrected chi connectivity index (χ3v) is 1.71. The summed E-state index contributed by atoms with van der Waals surface area (Å²) < 4.78 is 0. The summed E-state index contributed by atoms with van der Waals surface area (Å²) in [6.07, 6.45) is 1.77. The summed E-state index contributed by atoms with van der Waals surface area (Å²) in [6, 6.07) is 7.64. The van der Waals surface area contributed by atoms with Gasteiger partial charge in [-0.15, -0.1) is 0 Å². The largest absolute Gasteiger partial charge is 0.411 e. The van der Waals surface area contributed by atoms with E-state index in [1.165, 1.54) is 0 Å². The van der Waals surface area contributed by atoms with Gasteiger partial charge in [-0.25, -0.2) is 0 Å². The van der Waals surface area contributed by atoms with Crippen LogP contribution in [0.4, 0.5) is 0 Å². The van der Waals surface area contributed by atoms with Gasteiger partial charge in [-0.2, -0.15) is 0 Å². The molecular weight excluding hydrogens is 150 g/mol. The fourth-order valence-electron chi connectivity index (χ4n) is 0.918. The van der Waals surface area contributed by atoms with Gasteiger partial charge in [0.1, 0.15) is 0 Å². The van der Waals surface area contributed by atoms with Gasteiger partial charge in [-0.1, -0.05) is 42.1 Å².